The van der Waals surface area contributed by atoms with E-state index in [-0.39, 0.29) is 0 Å². The van der Waals surface area contributed by atoms with Gasteiger partial charge >= 0.3 is 5.97 Å². The van der Waals surface area contributed by atoms with Crippen LogP contribution in [0.25, 0.3) is 44.5 Å². The Hall–Kier alpha value is -4.89. The van der Waals surface area contributed by atoms with Gasteiger partial charge in [0.1, 0.15) is 5.82 Å². The number of fused-ring (bicyclic) bond motifs is 2. The first-order chi connectivity index (χ1) is 18.5. The number of benzene rings is 3. The molecule has 9 heteroatoms. The van der Waals surface area contributed by atoms with Crippen LogP contribution in [0.1, 0.15) is 17.3 Å². The molecule has 0 fully saturated rings. The molecule has 0 aliphatic carbocycles. The van der Waals surface area contributed by atoms with E-state index in [2.05, 4.69) is 37.4 Å². The molecule has 8 nitrogen and oxygen atoms in total. The van der Waals surface area contributed by atoms with Crippen LogP contribution in [0.2, 0.25) is 0 Å². The molecule has 0 aliphatic heterocycles. The van der Waals surface area contributed by atoms with Crippen molar-refractivity contribution in [1.82, 2.24) is 19.9 Å². The normalized spacial score (nSPS) is 11.9. The molecule has 3 aromatic heterocycles. The first-order valence-electron chi connectivity index (χ1n) is 11.9. The van der Waals surface area contributed by atoms with Gasteiger partial charge in [0, 0.05) is 28.9 Å². The van der Waals surface area contributed by atoms with E-state index in [1.165, 1.54) is 18.3 Å². The summed E-state index contributed by atoms with van der Waals surface area (Å²) in [4.78, 5) is 41.9. The predicted molar refractivity (Wildman–Crippen MR) is 148 cm³/mol. The van der Waals surface area contributed by atoms with Gasteiger partial charge in [-0.15, -0.1) is 11.3 Å². The molecule has 1 atom stereocenters. The van der Waals surface area contributed by atoms with E-state index in [4.69, 9.17) is 4.74 Å². The Kier molecular flexibility index (Phi) is 6.11. The van der Waals surface area contributed by atoms with Crippen LogP contribution in [0, 0.1) is 0 Å². The number of pyridine rings is 1. The van der Waals surface area contributed by atoms with Crippen molar-refractivity contribution in [2.45, 2.75) is 13.0 Å². The molecule has 0 spiro atoms. The number of nitrogens with zero attached hydrogens (tertiary/aromatic N) is 3. The molecule has 3 heterocycles. The highest BCUT2D eigenvalue weighted by molar-refractivity contribution is 7.14. The number of aromatic nitrogens is 4. The molecule has 0 bridgehead atoms. The molecule has 0 aliphatic rings. The minimum Gasteiger partial charge on any atom is -0.449 e. The molecule has 6 aromatic rings. The largest absolute Gasteiger partial charge is 0.449 e. The summed E-state index contributed by atoms with van der Waals surface area (Å²) in [5.41, 5.74) is 4.26. The van der Waals surface area contributed by atoms with Gasteiger partial charge in [-0.2, -0.15) is 0 Å². The zero-order chi connectivity index (χ0) is 26.1. The fraction of sp³-hybridized carbons (Fsp3) is 0.0690. The predicted octanol–water partition coefficient (Wildman–Crippen LogP) is 6.09. The molecule has 186 valence electrons. The molecule has 1 amide bonds. The van der Waals surface area contributed by atoms with Crippen molar-refractivity contribution in [2.24, 2.45) is 0 Å². The Bertz CT molecular complexity index is 1790. The number of ether oxygens (including phenoxy) is 1. The Labute approximate surface area is 221 Å². The number of imidazole rings is 1. The van der Waals surface area contributed by atoms with Crippen molar-refractivity contribution < 1.29 is 14.3 Å². The summed E-state index contributed by atoms with van der Waals surface area (Å²) < 4.78 is 5.43. The molecule has 1 unspecified atom stereocenters. The van der Waals surface area contributed by atoms with E-state index in [9.17, 15) is 9.59 Å². The average molecular weight is 520 g/mol. The third kappa shape index (κ3) is 4.74. The van der Waals surface area contributed by atoms with Gasteiger partial charge in [-0.1, -0.05) is 36.4 Å². The average Bonchev–Trinajstić information content (AvgIpc) is 3.60. The second-order valence-electron chi connectivity index (χ2n) is 8.70. The number of thiazole rings is 1. The van der Waals surface area contributed by atoms with Gasteiger partial charge in [-0.3, -0.25) is 15.1 Å². The Morgan fingerprint density at radius 2 is 1.82 bits per heavy atom. The smallest absolute Gasteiger partial charge is 0.338 e. The summed E-state index contributed by atoms with van der Waals surface area (Å²) in [6.45, 7) is 1.53. The van der Waals surface area contributed by atoms with Gasteiger partial charge in [0.15, 0.2) is 11.2 Å². The lowest BCUT2D eigenvalue weighted by Gasteiger charge is -2.12. The van der Waals surface area contributed by atoms with Crippen LogP contribution in [0.3, 0.4) is 0 Å². The van der Waals surface area contributed by atoms with Crippen molar-refractivity contribution in [3.8, 4) is 22.6 Å². The van der Waals surface area contributed by atoms with Crippen molar-refractivity contribution in [3.05, 3.63) is 96.1 Å². The quantitative estimate of drug-likeness (QED) is 0.258. The molecule has 2 N–H and O–H groups in total. The fourth-order valence-corrected chi connectivity index (χ4v) is 4.80. The summed E-state index contributed by atoms with van der Waals surface area (Å²) in [6, 6.07) is 23.0. The molecule has 3 aromatic carbocycles. The molecule has 0 saturated carbocycles. The summed E-state index contributed by atoms with van der Waals surface area (Å²) in [7, 11) is 0. The second-order valence-corrected chi connectivity index (χ2v) is 9.55. The Balaban J connectivity index is 1.11. The summed E-state index contributed by atoms with van der Waals surface area (Å²) in [5.74, 6) is -0.416. The zero-order valence-corrected chi connectivity index (χ0v) is 21.0. The highest BCUT2D eigenvalue weighted by Gasteiger charge is 2.21. The van der Waals surface area contributed by atoms with E-state index in [0.717, 1.165) is 27.6 Å². The molecule has 0 saturated heterocycles. The van der Waals surface area contributed by atoms with Crippen LogP contribution in [0.4, 0.5) is 5.13 Å². The van der Waals surface area contributed by atoms with Crippen molar-refractivity contribution >= 4 is 50.2 Å². The molecular weight excluding hydrogens is 498 g/mol. The highest BCUT2D eigenvalue weighted by Crippen LogP contribution is 2.28. The minimum absolute atomic E-state index is 0.311. The van der Waals surface area contributed by atoms with E-state index >= 15 is 0 Å². The first-order valence-corrected chi connectivity index (χ1v) is 12.8. The Morgan fingerprint density at radius 1 is 0.947 bits per heavy atom. The SMILES string of the molecule is CC(OC(=O)c1ccc2nc(-c3cccnc3)[nH]c2c1)C(=O)Nc1nc(-c2ccc3ccccc3c2)cs1. The standard InChI is InChI=1S/C29H21N5O3S/c1-17(27(35)34-29-33-25(16-38-29)20-9-8-18-5-2-3-6-19(18)13-20)37-28(36)21-10-11-23-24(14-21)32-26(31-23)22-7-4-12-30-15-22/h2-17H,1H3,(H,31,32)(H,33,34,35). The zero-order valence-electron chi connectivity index (χ0n) is 20.2. The van der Waals surface area contributed by atoms with Gasteiger partial charge in [-0.05, 0) is 54.1 Å². The van der Waals surface area contributed by atoms with Gasteiger partial charge in [-0.25, -0.2) is 14.8 Å². The third-order valence-corrected chi connectivity index (χ3v) is 6.84. The number of hydrogen-bond acceptors (Lipinski definition) is 7. The van der Waals surface area contributed by atoms with Crippen LogP contribution in [0.15, 0.2) is 90.6 Å². The maximum atomic E-state index is 12.8. The number of carbonyl (C=O) groups is 2. The van der Waals surface area contributed by atoms with E-state index < -0.39 is 18.0 Å². The molecule has 6 rings (SSSR count). The summed E-state index contributed by atoms with van der Waals surface area (Å²) in [5, 5.41) is 7.33. The van der Waals surface area contributed by atoms with E-state index in [0.29, 0.717) is 27.6 Å². The number of amides is 1. The number of H-pyrrole nitrogens is 1. The highest BCUT2D eigenvalue weighted by atomic mass is 32.1. The molecular formula is C29H21N5O3S. The lowest BCUT2D eigenvalue weighted by molar-refractivity contribution is -0.123. The van der Waals surface area contributed by atoms with Gasteiger partial charge in [0.05, 0.1) is 22.3 Å². The van der Waals surface area contributed by atoms with Gasteiger partial charge in [0.2, 0.25) is 0 Å². The number of aromatic amines is 1. The van der Waals surface area contributed by atoms with Gasteiger partial charge in [0.25, 0.3) is 5.91 Å². The lowest BCUT2D eigenvalue weighted by Crippen LogP contribution is -2.29. The maximum absolute atomic E-state index is 12.8. The van der Waals surface area contributed by atoms with Crippen LogP contribution in [-0.4, -0.2) is 37.9 Å². The number of nitrogens with one attached hydrogen (secondary N) is 2. The van der Waals surface area contributed by atoms with Gasteiger partial charge < -0.3 is 9.72 Å². The van der Waals surface area contributed by atoms with Crippen molar-refractivity contribution in [1.29, 1.82) is 0 Å². The van der Waals surface area contributed by atoms with Crippen LogP contribution < -0.4 is 5.32 Å². The second kappa shape index (κ2) is 9.87. The van der Waals surface area contributed by atoms with Crippen LogP contribution in [-0.2, 0) is 9.53 Å². The van der Waals surface area contributed by atoms with Crippen LogP contribution in [0.5, 0.6) is 0 Å². The fourth-order valence-electron chi connectivity index (χ4n) is 4.08. The number of anilines is 1. The number of rotatable bonds is 6. The monoisotopic (exact) mass is 519 g/mol. The van der Waals surface area contributed by atoms with Crippen molar-refractivity contribution in [2.75, 3.05) is 5.32 Å². The van der Waals surface area contributed by atoms with Crippen LogP contribution >= 0.6 is 11.3 Å². The topological polar surface area (TPSA) is 110 Å². The van der Waals surface area contributed by atoms with E-state index in [1.54, 1.807) is 30.6 Å². The lowest BCUT2D eigenvalue weighted by atomic mass is 10.1. The minimum atomic E-state index is -1.01. The van der Waals surface area contributed by atoms with Crippen molar-refractivity contribution in [3.63, 3.8) is 0 Å². The summed E-state index contributed by atoms with van der Waals surface area (Å²) >= 11 is 1.31. The number of esters is 1. The maximum Gasteiger partial charge on any atom is 0.338 e. The Morgan fingerprint density at radius 3 is 2.66 bits per heavy atom. The third-order valence-electron chi connectivity index (χ3n) is 6.09. The summed E-state index contributed by atoms with van der Waals surface area (Å²) in [6.07, 6.45) is 2.38. The molecule has 0 radical (unpaired) electrons. The molecule has 38 heavy (non-hydrogen) atoms. The number of hydrogen-bond donors (Lipinski definition) is 2. The van der Waals surface area contributed by atoms with E-state index in [1.807, 2.05) is 47.8 Å². The number of carbonyl (C=O) groups excluding carboxylic acids is 2. The first kappa shape index (κ1) is 23.5.